The van der Waals surface area contributed by atoms with E-state index in [9.17, 15) is 9.59 Å². The molecule has 0 spiro atoms. The van der Waals surface area contributed by atoms with Gasteiger partial charge in [0.1, 0.15) is 5.82 Å². The van der Waals surface area contributed by atoms with Gasteiger partial charge in [0.05, 0.1) is 16.5 Å². The van der Waals surface area contributed by atoms with Gasteiger partial charge >= 0.3 is 0 Å². The number of hydrogen-bond acceptors (Lipinski definition) is 6. The summed E-state index contributed by atoms with van der Waals surface area (Å²) in [7, 11) is 0. The Morgan fingerprint density at radius 3 is 2.72 bits per heavy atom. The molecule has 0 saturated heterocycles. The van der Waals surface area contributed by atoms with E-state index in [0.29, 0.717) is 47.7 Å². The summed E-state index contributed by atoms with van der Waals surface area (Å²) >= 11 is 0. The van der Waals surface area contributed by atoms with E-state index in [4.69, 9.17) is 0 Å². The van der Waals surface area contributed by atoms with Crippen LogP contribution in [0.3, 0.4) is 0 Å². The summed E-state index contributed by atoms with van der Waals surface area (Å²) in [5, 5.41) is 6.28. The molecule has 0 fully saturated rings. The number of para-hydroxylation sites is 1. The minimum atomic E-state index is -0.272. The van der Waals surface area contributed by atoms with Crippen LogP contribution in [0.2, 0.25) is 0 Å². The standard InChI is InChI=1S/C17H18N6O2/c1-2-18-17-20-9-11(10-21-17)15(24)19-8-7-14-22-13-6-4-3-5-12(13)16(25)23-14/h3-6,9-10H,2,7-8H2,1H3,(H,19,24)(H,18,20,21)(H,22,23,25). The van der Waals surface area contributed by atoms with Crippen LogP contribution >= 0.6 is 0 Å². The highest BCUT2D eigenvalue weighted by Gasteiger charge is 2.08. The lowest BCUT2D eigenvalue weighted by Crippen LogP contribution is -2.27. The van der Waals surface area contributed by atoms with Crippen molar-refractivity contribution in [2.45, 2.75) is 13.3 Å². The number of benzene rings is 1. The fourth-order valence-electron chi connectivity index (χ4n) is 2.34. The minimum absolute atomic E-state index is 0.181. The summed E-state index contributed by atoms with van der Waals surface area (Å²) in [5.41, 5.74) is 0.834. The molecule has 1 aromatic carbocycles. The minimum Gasteiger partial charge on any atom is -0.355 e. The summed E-state index contributed by atoms with van der Waals surface area (Å²) < 4.78 is 0. The summed E-state index contributed by atoms with van der Waals surface area (Å²) in [4.78, 5) is 39.3. The number of fused-ring (bicyclic) bond motifs is 1. The lowest BCUT2D eigenvalue weighted by atomic mass is 10.2. The van der Waals surface area contributed by atoms with Crippen LogP contribution in [0, 0.1) is 0 Å². The average molecular weight is 338 g/mol. The van der Waals surface area contributed by atoms with Crippen LogP contribution < -0.4 is 16.2 Å². The number of carbonyl (C=O) groups excluding carboxylic acids is 1. The van der Waals surface area contributed by atoms with Gasteiger partial charge in [-0.15, -0.1) is 0 Å². The largest absolute Gasteiger partial charge is 0.355 e. The molecule has 128 valence electrons. The molecule has 3 aromatic rings. The molecule has 2 heterocycles. The molecule has 1 amide bonds. The fraction of sp³-hybridized carbons (Fsp3) is 0.235. The van der Waals surface area contributed by atoms with Crippen LogP contribution in [-0.4, -0.2) is 38.9 Å². The number of nitrogens with one attached hydrogen (secondary N) is 3. The second-order valence-corrected chi connectivity index (χ2v) is 5.36. The fourth-order valence-corrected chi connectivity index (χ4v) is 2.34. The first-order chi connectivity index (χ1) is 12.2. The Bertz CT molecular complexity index is 936. The highest BCUT2D eigenvalue weighted by molar-refractivity contribution is 5.93. The summed E-state index contributed by atoms with van der Waals surface area (Å²) in [5.74, 6) is 0.742. The van der Waals surface area contributed by atoms with Gasteiger partial charge in [-0.3, -0.25) is 9.59 Å². The van der Waals surface area contributed by atoms with Gasteiger partial charge in [-0.1, -0.05) is 12.1 Å². The van der Waals surface area contributed by atoms with Crippen molar-refractivity contribution in [3.05, 3.63) is 58.4 Å². The summed E-state index contributed by atoms with van der Waals surface area (Å²) in [6, 6.07) is 7.14. The molecule has 0 atom stereocenters. The maximum atomic E-state index is 12.1. The Kier molecular flexibility index (Phi) is 4.98. The van der Waals surface area contributed by atoms with Gasteiger partial charge in [0, 0.05) is 31.9 Å². The van der Waals surface area contributed by atoms with E-state index in [1.165, 1.54) is 12.4 Å². The molecule has 0 aliphatic carbocycles. The van der Waals surface area contributed by atoms with E-state index in [1.807, 2.05) is 13.0 Å². The number of anilines is 1. The number of carbonyl (C=O) groups is 1. The summed E-state index contributed by atoms with van der Waals surface area (Å²) in [6.07, 6.45) is 3.36. The SMILES string of the molecule is CCNc1ncc(C(=O)NCCc2nc3ccccc3c(=O)[nH]2)cn1. The first-order valence-corrected chi connectivity index (χ1v) is 7.99. The number of hydrogen-bond donors (Lipinski definition) is 3. The molecule has 0 saturated carbocycles. The predicted molar refractivity (Wildman–Crippen MR) is 94.6 cm³/mol. The number of amides is 1. The Morgan fingerprint density at radius 1 is 1.20 bits per heavy atom. The number of H-pyrrole nitrogens is 1. The number of aromatic amines is 1. The maximum Gasteiger partial charge on any atom is 0.258 e. The highest BCUT2D eigenvalue weighted by Crippen LogP contribution is 2.05. The van der Waals surface area contributed by atoms with Crippen molar-refractivity contribution < 1.29 is 4.79 Å². The zero-order valence-corrected chi connectivity index (χ0v) is 13.7. The molecule has 8 heteroatoms. The van der Waals surface area contributed by atoms with Crippen LogP contribution in [0.5, 0.6) is 0 Å². The topological polar surface area (TPSA) is 113 Å². The van der Waals surface area contributed by atoms with Gasteiger partial charge in [-0.05, 0) is 19.1 Å². The number of rotatable bonds is 6. The second kappa shape index (κ2) is 7.52. The second-order valence-electron chi connectivity index (χ2n) is 5.36. The van der Waals surface area contributed by atoms with Crippen molar-refractivity contribution in [1.82, 2.24) is 25.3 Å². The molecular formula is C17H18N6O2. The van der Waals surface area contributed by atoms with Gasteiger partial charge in [0.25, 0.3) is 11.5 Å². The van der Waals surface area contributed by atoms with Gasteiger partial charge < -0.3 is 15.6 Å². The maximum absolute atomic E-state index is 12.1. The summed E-state index contributed by atoms with van der Waals surface area (Å²) in [6.45, 7) is 2.99. The van der Waals surface area contributed by atoms with E-state index in [2.05, 4.69) is 30.6 Å². The third-order valence-electron chi connectivity index (χ3n) is 3.56. The Hall–Kier alpha value is -3.29. The zero-order chi connectivity index (χ0) is 17.6. The molecule has 0 aliphatic rings. The van der Waals surface area contributed by atoms with Gasteiger partial charge in [0.15, 0.2) is 0 Å². The Morgan fingerprint density at radius 2 is 1.96 bits per heavy atom. The lowest BCUT2D eigenvalue weighted by molar-refractivity contribution is 0.0953. The number of aromatic nitrogens is 4. The van der Waals surface area contributed by atoms with Crippen LogP contribution in [0.25, 0.3) is 10.9 Å². The number of nitrogens with zero attached hydrogens (tertiary/aromatic N) is 3. The molecule has 0 aliphatic heterocycles. The average Bonchev–Trinajstić information content (AvgIpc) is 2.62. The van der Waals surface area contributed by atoms with Crippen molar-refractivity contribution in [3.8, 4) is 0 Å². The molecule has 3 rings (SSSR count). The van der Waals surface area contributed by atoms with Crippen molar-refractivity contribution in [1.29, 1.82) is 0 Å². The normalized spacial score (nSPS) is 10.6. The molecule has 0 radical (unpaired) electrons. The molecule has 8 nitrogen and oxygen atoms in total. The molecule has 25 heavy (non-hydrogen) atoms. The molecule has 3 N–H and O–H groups in total. The molecule has 2 aromatic heterocycles. The van der Waals surface area contributed by atoms with Gasteiger partial charge in [-0.2, -0.15) is 0 Å². The predicted octanol–water partition coefficient (Wildman–Crippen LogP) is 1.12. The van der Waals surface area contributed by atoms with E-state index >= 15 is 0 Å². The molecule has 0 bridgehead atoms. The monoisotopic (exact) mass is 338 g/mol. The third-order valence-corrected chi connectivity index (χ3v) is 3.56. The van der Waals surface area contributed by atoms with Crippen molar-refractivity contribution in [2.75, 3.05) is 18.4 Å². The van der Waals surface area contributed by atoms with Crippen molar-refractivity contribution in [3.63, 3.8) is 0 Å². The third kappa shape index (κ3) is 3.97. The molecule has 0 unspecified atom stereocenters. The van der Waals surface area contributed by atoms with E-state index in [0.717, 1.165) is 0 Å². The van der Waals surface area contributed by atoms with E-state index in [1.54, 1.807) is 18.2 Å². The van der Waals surface area contributed by atoms with Crippen LogP contribution in [-0.2, 0) is 6.42 Å². The smallest absolute Gasteiger partial charge is 0.258 e. The van der Waals surface area contributed by atoms with E-state index < -0.39 is 0 Å². The lowest BCUT2D eigenvalue weighted by Gasteiger charge is -2.06. The van der Waals surface area contributed by atoms with Crippen molar-refractivity contribution in [2.24, 2.45) is 0 Å². The van der Waals surface area contributed by atoms with Crippen molar-refractivity contribution >= 4 is 22.8 Å². The van der Waals surface area contributed by atoms with Gasteiger partial charge in [-0.25, -0.2) is 15.0 Å². The molecular weight excluding hydrogens is 320 g/mol. The van der Waals surface area contributed by atoms with Crippen LogP contribution in [0.4, 0.5) is 5.95 Å². The first kappa shape index (κ1) is 16.6. The van der Waals surface area contributed by atoms with Crippen LogP contribution in [0.15, 0.2) is 41.5 Å². The first-order valence-electron chi connectivity index (χ1n) is 7.99. The van der Waals surface area contributed by atoms with Gasteiger partial charge in [0.2, 0.25) is 5.95 Å². The quantitative estimate of drug-likeness (QED) is 0.621. The zero-order valence-electron chi connectivity index (χ0n) is 13.7. The highest BCUT2D eigenvalue weighted by atomic mass is 16.1. The Balaban J connectivity index is 1.60. The Labute approximate surface area is 143 Å². The van der Waals surface area contributed by atoms with E-state index in [-0.39, 0.29) is 11.5 Å². The van der Waals surface area contributed by atoms with Crippen LogP contribution in [0.1, 0.15) is 23.1 Å².